The van der Waals surface area contributed by atoms with Crippen molar-refractivity contribution in [2.45, 2.75) is 19.8 Å². The number of nitrogens with zero attached hydrogens (tertiary/aromatic N) is 1. The van der Waals surface area contributed by atoms with Crippen molar-refractivity contribution in [1.82, 2.24) is 4.90 Å². The Hall–Kier alpha value is -1.59. The van der Waals surface area contributed by atoms with Crippen LogP contribution in [0, 0.1) is 6.92 Å². The molecule has 0 aliphatic heterocycles. The molecule has 21 heavy (non-hydrogen) atoms. The Morgan fingerprint density at radius 2 is 2.00 bits per heavy atom. The monoisotopic (exact) mass is 295 g/mol. The number of rotatable bonds is 10. The SMILES string of the molecule is COCCN(CCO)C(=O)CCCOc1ccccc1C. The Bertz CT molecular complexity index is 422. The van der Waals surface area contributed by atoms with Crippen LogP contribution in [0.4, 0.5) is 0 Å². The Labute approximate surface area is 126 Å². The van der Waals surface area contributed by atoms with Gasteiger partial charge in [0.05, 0.1) is 19.8 Å². The molecule has 5 heteroatoms. The smallest absolute Gasteiger partial charge is 0.222 e. The van der Waals surface area contributed by atoms with Gasteiger partial charge in [-0.2, -0.15) is 0 Å². The summed E-state index contributed by atoms with van der Waals surface area (Å²) in [5.41, 5.74) is 1.09. The van der Waals surface area contributed by atoms with Crippen LogP contribution in [0.1, 0.15) is 18.4 Å². The molecule has 118 valence electrons. The van der Waals surface area contributed by atoms with Gasteiger partial charge in [0.15, 0.2) is 0 Å². The Morgan fingerprint density at radius 3 is 2.67 bits per heavy atom. The van der Waals surface area contributed by atoms with Gasteiger partial charge < -0.3 is 19.5 Å². The van der Waals surface area contributed by atoms with Gasteiger partial charge in [-0.25, -0.2) is 0 Å². The zero-order valence-electron chi connectivity index (χ0n) is 12.9. The molecule has 1 amide bonds. The summed E-state index contributed by atoms with van der Waals surface area (Å²) in [6.45, 7) is 3.80. The highest BCUT2D eigenvalue weighted by Crippen LogP contribution is 2.16. The van der Waals surface area contributed by atoms with E-state index in [4.69, 9.17) is 14.6 Å². The van der Waals surface area contributed by atoms with E-state index in [2.05, 4.69) is 0 Å². The molecule has 1 N–H and O–H groups in total. The lowest BCUT2D eigenvalue weighted by Crippen LogP contribution is -2.36. The van der Waals surface area contributed by atoms with Crippen molar-refractivity contribution in [1.29, 1.82) is 0 Å². The highest BCUT2D eigenvalue weighted by Gasteiger charge is 2.12. The number of benzene rings is 1. The number of ether oxygens (including phenoxy) is 2. The first-order valence-electron chi connectivity index (χ1n) is 7.25. The number of aryl methyl sites for hydroxylation is 1. The minimum Gasteiger partial charge on any atom is -0.493 e. The van der Waals surface area contributed by atoms with E-state index in [1.54, 1.807) is 12.0 Å². The number of carbonyl (C=O) groups is 1. The Balaban J connectivity index is 2.29. The van der Waals surface area contributed by atoms with E-state index in [9.17, 15) is 4.79 Å². The molecule has 0 aromatic heterocycles. The van der Waals surface area contributed by atoms with Crippen molar-refractivity contribution < 1.29 is 19.4 Å². The normalized spacial score (nSPS) is 10.4. The molecule has 0 spiro atoms. The number of amides is 1. The zero-order valence-corrected chi connectivity index (χ0v) is 12.9. The third-order valence-electron chi connectivity index (χ3n) is 3.17. The average molecular weight is 295 g/mol. The van der Waals surface area contributed by atoms with E-state index in [1.807, 2.05) is 31.2 Å². The van der Waals surface area contributed by atoms with E-state index in [0.717, 1.165) is 11.3 Å². The van der Waals surface area contributed by atoms with Crippen molar-refractivity contribution >= 4 is 5.91 Å². The third-order valence-corrected chi connectivity index (χ3v) is 3.17. The lowest BCUT2D eigenvalue weighted by Gasteiger charge is -2.21. The molecule has 0 radical (unpaired) electrons. The number of hydrogen-bond acceptors (Lipinski definition) is 4. The van der Waals surface area contributed by atoms with Gasteiger partial charge in [0.1, 0.15) is 5.75 Å². The molecule has 0 heterocycles. The van der Waals surface area contributed by atoms with E-state index in [0.29, 0.717) is 39.1 Å². The summed E-state index contributed by atoms with van der Waals surface area (Å²) < 4.78 is 10.6. The molecule has 1 aromatic carbocycles. The summed E-state index contributed by atoms with van der Waals surface area (Å²) >= 11 is 0. The number of methoxy groups -OCH3 is 1. The standard InChI is InChI=1S/C16H25NO4/c1-14-6-3-4-7-15(14)21-12-5-8-16(19)17(9-11-18)10-13-20-2/h3-4,6-7,18H,5,8-13H2,1-2H3. The van der Waals surface area contributed by atoms with Crippen molar-refractivity contribution in [2.24, 2.45) is 0 Å². The van der Waals surface area contributed by atoms with Crippen LogP contribution in [0.5, 0.6) is 5.75 Å². The molecule has 0 unspecified atom stereocenters. The molecule has 0 aliphatic rings. The van der Waals surface area contributed by atoms with Crippen LogP contribution in [0.15, 0.2) is 24.3 Å². The van der Waals surface area contributed by atoms with Crippen molar-refractivity contribution in [2.75, 3.05) is 40.0 Å². The maximum atomic E-state index is 12.0. The summed E-state index contributed by atoms with van der Waals surface area (Å²) in [7, 11) is 1.59. The highest BCUT2D eigenvalue weighted by molar-refractivity contribution is 5.76. The van der Waals surface area contributed by atoms with Crippen LogP contribution in [0.2, 0.25) is 0 Å². The van der Waals surface area contributed by atoms with Crippen molar-refractivity contribution in [3.05, 3.63) is 29.8 Å². The fraction of sp³-hybridized carbons (Fsp3) is 0.562. The molecule has 0 atom stereocenters. The van der Waals surface area contributed by atoms with Gasteiger partial charge in [-0.3, -0.25) is 4.79 Å². The van der Waals surface area contributed by atoms with Crippen LogP contribution in [-0.4, -0.2) is 55.9 Å². The van der Waals surface area contributed by atoms with Crippen LogP contribution >= 0.6 is 0 Å². The van der Waals surface area contributed by atoms with E-state index in [-0.39, 0.29) is 12.5 Å². The summed E-state index contributed by atoms with van der Waals surface area (Å²) in [4.78, 5) is 13.6. The van der Waals surface area contributed by atoms with Crippen LogP contribution in [0.25, 0.3) is 0 Å². The lowest BCUT2D eigenvalue weighted by atomic mass is 10.2. The van der Waals surface area contributed by atoms with E-state index >= 15 is 0 Å². The fourth-order valence-corrected chi connectivity index (χ4v) is 1.97. The quantitative estimate of drug-likeness (QED) is 0.666. The van der Waals surface area contributed by atoms with Crippen LogP contribution in [-0.2, 0) is 9.53 Å². The van der Waals surface area contributed by atoms with Gasteiger partial charge in [0.2, 0.25) is 5.91 Å². The average Bonchev–Trinajstić information content (AvgIpc) is 2.49. The summed E-state index contributed by atoms with van der Waals surface area (Å²) in [6, 6.07) is 7.82. The number of aliphatic hydroxyl groups is 1. The number of hydrogen-bond donors (Lipinski definition) is 1. The van der Waals surface area contributed by atoms with Crippen LogP contribution in [0.3, 0.4) is 0 Å². The Kier molecular flexibility index (Phi) is 8.47. The minimum atomic E-state index is -0.0326. The summed E-state index contributed by atoms with van der Waals surface area (Å²) in [6.07, 6.45) is 1.07. The highest BCUT2D eigenvalue weighted by atomic mass is 16.5. The van der Waals surface area contributed by atoms with Crippen molar-refractivity contribution in [3.8, 4) is 5.75 Å². The molecule has 1 rings (SSSR count). The molecule has 5 nitrogen and oxygen atoms in total. The predicted octanol–water partition coefficient (Wildman–Crippen LogP) is 1.62. The third kappa shape index (κ3) is 6.60. The first-order valence-corrected chi connectivity index (χ1v) is 7.25. The lowest BCUT2D eigenvalue weighted by molar-refractivity contribution is -0.132. The molecule has 0 saturated carbocycles. The second-order valence-electron chi connectivity index (χ2n) is 4.81. The summed E-state index contributed by atoms with van der Waals surface area (Å²) in [5, 5.41) is 8.98. The predicted molar refractivity (Wildman–Crippen MR) is 81.4 cm³/mol. The van der Waals surface area contributed by atoms with Gasteiger partial charge in [-0.1, -0.05) is 18.2 Å². The molecule has 0 aliphatic carbocycles. The molecule has 0 bridgehead atoms. The number of carbonyl (C=O) groups excluding carboxylic acids is 1. The number of para-hydroxylation sites is 1. The summed E-state index contributed by atoms with van der Waals surface area (Å²) in [5.74, 6) is 0.881. The molecule has 0 fully saturated rings. The van der Waals surface area contributed by atoms with Crippen molar-refractivity contribution in [3.63, 3.8) is 0 Å². The van der Waals surface area contributed by atoms with Gasteiger partial charge >= 0.3 is 0 Å². The second-order valence-corrected chi connectivity index (χ2v) is 4.81. The topological polar surface area (TPSA) is 59.0 Å². The molecular formula is C16H25NO4. The van der Waals surface area contributed by atoms with E-state index < -0.39 is 0 Å². The van der Waals surface area contributed by atoms with E-state index in [1.165, 1.54) is 0 Å². The largest absolute Gasteiger partial charge is 0.493 e. The first-order chi connectivity index (χ1) is 10.2. The molecule has 1 aromatic rings. The van der Waals surface area contributed by atoms with Gasteiger partial charge in [0, 0.05) is 26.6 Å². The Morgan fingerprint density at radius 1 is 1.24 bits per heavy atom. The zero-order chi connectivity index (χ0) is 15.5. The molecule has 0 saturated heterocycles. The van der Waals surface area contributed by atoms with Gasteiger partial charge in [-0.15, -0.1) is 0 Å². The maximum Gasteiger partial charge on any atom is 0.222 e. The van der Waals surface area contributed by atoms with Gasteiger partial charge in [0.25, 0.3) is 0 Å². The second kappa shape index (κ2) is 10.2. The van der Waals surface area contributed by atoms with Gasteiger partial charge in [-0.05, 0) is 25.0 Å². The van der Waals surface area contributed by atoms with Crippen LogP contribution < -0.4 is 4.74 Å². The fourth-order valence-electron chi connectivity index (χ4n) is 1.97. The minimum absolute atomic E-state index is 0.0227. The maximum absolute atomic E-state index is 12.0. The molecular weight excluding hydrogens is 270 g/mol. The number of aliphatic hydroxyl groups excluding tert-OH is 1. The first kappa shape index (κ1) is 17.5.